The molecule has 0 aliphatic heterocycles. The molecule has 0 fully saturated rings. The first-order valence-corrected chi connectivity index (χ1v) is 8.23. The molecule has 3 heterocycles. The van der Waals surface area contributed by atoms with Crippen LogP contribution in [-0.2, 0) is 6.54 Å². The van der Waals surface area contributed by atoms with Crippen molar-refractivity contribution in [1.82, 2.24) is 30.5 Å². The fourth-order valence-electron chi connectivity index (χ4n) is 2.68. The lowest BCUT2D eigenvalue weighted by Crippen LogP contribution is -2.16. The molecule has 0 atom stereocenters. The molecule has 0 amide bonds. The summed E-state index contributed by atoms with van der Waals surface area (Å²) < 4.78 is 5.27. The van der Waals surface area contributed by atoms with Crippen LogP contribution in [0.5, 0.6) is 5.75 Å². The molecule has 0 aliphatic rings. The summed E-state index contributed by atoms with van der Waals surface area (Å²) in [5, 5.41) is 25.0. The van der Waals surface area contributed by atoms with E-state index >= 15 is 0 Å². The van der Waals surface area contributed by atoms with E-state index in [9.17, 15) is 5.11 Å². The van der Waals surface area contributed by atoms with Crippen molar-refractivity contribution in [2.75, 3.05) is 30.9 Å². The van der Waals surface area contributed by atoms with Gasteiger partial charge in [-0.3, -0.25) is 0 Å². The average molecular weight is 366 g/mol. The normalized spacial score (nSPS) is 11.1. The smallest absolute Gasteiger partial charge is 0.265 e. The van der Waals surface area contributed by atoms with Gasteiger partial charge < -0.3 is 19.4 Å². The second kappa shape index (κ2) is 6.56. The molecule has 10 heteroatoms. The first kappa shape index (κ1) is 16.8. The lowest BCUT2D eigenvalue weighted by atomic mass is 10.1. The highest BCUT2D eigenvalue weighted by Gasteiger charge is 2.17. The number of aromatic amines is 1. The monoisotopic (exact) mass is 366 g/mol. The summed E-state index contributed by atoms with van der Waals surface area (Å²) in [6.07, 6.45) is 1.73. The summed E-state index contributed by atoms with van der Waals surface area (Å²) in [6.45, 7) is 0.458. The summed E-state index contributed by atoms with van der Waals surface area (Å²) in [6, 6.07) is 7.32. The van der Waals surface area contributed by atoms with Crippen molar-refractivity contribution in [3.8, 4) is 17.2 Å². The van der Waals surface area contributed by atoms with E-state index in [1.54, 1.807) is 17.2 Å². The molecule has 1 aromatic carbocycles. The van der Waals surface area contributed by atoms with Gasteiger partial charge in [-0.05, 0) is 17.3 Å². The number of rotatable bonds is 5. The van der Waals surface area contributed by atoms with E-state index in [2.05, 4.69) is 30.5 Å². The largest absolute Gasteiger partial charge is 0.507 e. The molecule has 10 nitrogen and oxygen atoms in total. The molecule has 0 saturated heterocycles. The number of phenolic OH excluding ortho intramolecular Hbond substituents is 1. The van der Waals surface area contributed by atoms with Crippen molar-refractivity contribution in [3.05, 3.63) is 36.0 Å². The third-order valence-corrected chi connectivity index (χ3v) is 4.18. The summed E-state index contributed by atoms with van der Waals surface area (Å²) >= 11 is 0. The van der Waals surface area contributed by atoms with Crippen molar-refractivity contribution in [2.24, 2.45) is 0 Å². The number of hydrogen-bond donors (Lipinski definition) is 2. The Kier molecular flexibility index (Phi) is 4.07. The van der Waals surface area contributed by atoms with Gasteiger partial charge in [0.1, 0.15) is 11.3 Å². The molecule has 4 aromatic rings. The molecule has 4 rings (SSSR count). The van der Waals surface area contributed by atoms with Crippen molar-refractivity contribution >= 4 is 22.8 Å². The van der Waals surface area contributed by atoms with E-state index in [0.717, 1.165) is 11.3 Å². The number of H-pyrrole nitrogens is 1. The molecule has 0 aliphatic carbocycles. The molecule has 0 saturated carbocycles. The van der Waals surface area contributed by atoms with Gasteiger partial charge >= 0.3 is 0 Å². The van der Waals surface area contributed by atoms with Crippen LogP contribution in [0.4, 0.5) is 11.6 Å². The molecule has 2 N–H and O–H groups in total. The number of pyridine rings is 1. The van der Waals surface area contributed by atoms with Gasteiger partial charge in [-0.1, -0.05) is 17.3 Å². The van der Waals surface area contributed by atoms with Crippen molar-refractivity contribution in [1.29, 1.82) is 0 Å². The molecular weight excluding hydrogens is 348 g/mol. The Morgan fingerprint density at radius 3 is 2.85 bits per heavy atom. The SMILES string of the molecule is CN(C)c1noc(-c2cccc(CN(C)c3cnc4[nH]nnc4c3)c2O)n1. The lowest BCUT2D eigenvalue weighted by Gasteiger charge is -2.20. The Bertz CT molecular complexity index is 1090. The first-order valence-electron chi connectivity index (χ1n) is 8.23. The predicted molar refractivity (Wildman–Crippen MR) is 99.5 cm³/mol. The second-order valence-electron chi connectivity index (χ2n) is 6.34. The highest BCUT2D eigenvalue weighted by atomic mass is 16.5. The zero-order valence-electron chi connectivity index (χ0n) is 15.1. The minimum absolute atomic E-state index is 0.105. The first-order chi connectivity index (χ1) is 13.0. The molecule has 27 heavy (non-hydrogen) atoms. The minimum atomic E-state index is 0.105. The molecule has 3 aromatic heterocycles. The van der Waals surface area contributed by atoms with Gasteiger partial charge in [-0.25, -0.2) is 10.1 Å². The third-order valence-electron chi connectivity index (χ3n) is 4.18. The Labute approximate surface area is 154 Å². The van der Waals surface area contributed by atoms with Crippen LogP contribution in [0.1, 0.15) is 5.56 Å². The number of aromatic nitrogens is 6. The van der Waals surface area contributed by atoms with Gasteiger partial charge in [0.25, 0.3) is 11.8 Å². The highest BCUT2D eigenvalue weighted by Crippen LogP contribution is 2.33. The van der Waals surface area contributed by atoms with E-state index < -0.39 is 0 Å². The summed E-state index contributed by atoms with van der Waals surface area (Å²) in [5.74, 6) is 0.819. The maximum atomic E-state index is 10.7. The van der Waals surface area contributed by atoms with E-state index in [-0.39, 0.29) is 11.6 Å². The van der Waals surface area contributed by atoms with Gasteiger partial charge in [0.2, 0.25) is 0 Å². The number of nitrogens with one attached hydrogen (secondary N) is 1. The average Bonchev–Trinajstić information content (AvgIpc) is 3.32. The number of fused-ring (bicyclic) bond motifs is 1. The fourth-order valence-corrected chi connectivity index (χ4v) is 2.68. The molecule has 0 bridgehead atoms. The van der Waals surface area contributed by atoms with Crippen molar-refractivity contribution in [2.45, 2.75) is 6.54 Å². The van der Waals surface area contributed by atoms with Crippen LogP contribution in [0.3, 0.4) is 0 Å². The van der Waals surface area contributed by atoms with Crippen molar-refractivity contribution < 1.29 is 9.63 Å². The molecular formula is C17H18N8O2. The number of anilines is 2. The van der Waals surface area contributed by atoms with E-state index in [1.807, 2.05) is 44.2 Å². The maximum absolute atomic E-state index is 10.7. The standard InChI is InChI=1S/C17H18N8O2/c1-24(2)17-19-16(27-22-17)12-6-4-5-10(14(12)26)9-25(3)11-7-13-15(18-8-11)21-23-20-13/h4-8,26H,9H2,1-3H3,(H,18,20,21,23). The summed E-state index contributed by atoms with van der Waals surface area (Å²) in [5.41, 5.74) is 3.38. The number of para-hydroxylation sites is 1. The Balaban J connectivity index is 1.61. The van der Waals surface area contributed by atoms with Crippen LogP contribution in [0, 0.1) is 0 Å². The van der Waals surface area contributed by atoms with Gasteiger partial charge in [0.05, 0.1) is 17.4 Å². The maximum Gasteiger partial charge on any atom is 0.265 e. The Hall–Kier alpha value is -3.69. The number of phenols is 1. The number of benzene rings is 1. The third kappa shape index (κ3) is 3.12. The van der Waals surface area contributed by atoms with Gasteiger partial charge in [0, 0.05) is 33.3 Å². The zero-order valence-corrected chi connectivity index (χ0v) is 15.1. The van der Waals surface area contributed by atoms with Crippen molar-refractivity contribution in [3.63, 3.8) is 0 Å². The van der Waals surface area contributed by atoms with Crippen LogP contribution < -0.4 is 9.80 Å². The van der Waals surface area contributed by atoms with Gasteiger partial charge in [0.15, 0.2) is 5.65 Å². The van der Waals surface area contributed by atoms with E-state index in [0.29, 0.717) is 29.2 Å². The highest BCUT2D eigenvalue weighted by molar-refractivity contribution is 5.73. The number of hydrogen-bond acceptors (Lipinski definition) is 9. The Morgan fingerprint density at radius 1 is 1.22 bits per heavy atom. The van der Waals surface area contributed by atoms with Gasteiger partial charge in [-0.15, -0.1) is 5.10 Å². The van der Waals surface area contributed by atoms with Crippen LogP contribution in [0.15, 0.2) is 35.0 Å². The number of nitrogens with zero attached hydrogens (tertiary/aromatic N) is 7. The quantitative estimate of drug-likeness (QED) is 0.545. The predicted octanol–water partition coefficient (Wildman–Crippen LogP) is 1.81. The van der Waals surface area contributed by atoms with Crippen LogP contribution in [0.2, 0.25) is 0 Å². The summed E-state index contributed by atoms with van der Waals surface area (Å²) in [7, 11) is 5.55. The van der Waals surface area contributed by atoms with Crippen LogP contribution >= 0.6 is 0 Å². The van der Waals surface area contributed by atoms with E-state index in [1.165, 1.54) is 0 Å². The molecule has 0 radical (unpaired) electrons. The summed E-state index contributed by atoms with van der Waals surface area (Å²) in [4.78, 5) is 12.3. The molecule has 138 valence electrons. The van der Waals surface area contributed by atoms with Gasteiger partial charge in [-0.2, -0.15) is 4.98 Å². The Morgan fingerprint density at radius 2 is 2.07 bits per heavy atom. The number of aromatic hydroxyl groups is 1. The van der Waals surface area contributed by atoms with Crippen LogP contribution in [-0.4, -0.2) is 56.8 Å². The molecule has 0 spiro atoms. The van der Waals surface area contributed by atoms with Crippen LogP contribution in [0.25, 0.3) is 22.6 Å². The fraction of sp³-hybridized carbons (Fsp3) is 0.235. The zero-order chi connectivity index (χ0) is 19.0. The second-order valence-corrected chi connectivity index (χ2v) is 6.34. The molecule has 0 unspecified atom stereocenters. The lowest BCUT2D eigenvalue weighted by molar-refractivity contribution is 0.423. The minimum Gasteiger partial charge on any atom is -0.507 e. The topological polar surface area (TPSA) is 120 Å². The van der Waals surface area contributed by atoms with E-state index in [4.69, 9.17) is 4.52 Å².